The molecular formula is C20H25N2NaO5. The zero-order chi connectivity index (χ0) is 19.8. The second-order valence-electron chi connectivity index (χ2n) is 7.80. The van der Waals surface area contributed by atoms with Crippen LogP contribution in [-0.4, -0.2) is 63.4 Å². The van der Waals surface area contributed by atoms with E-state index in [4.69, 9.17) is 4.74 Å². The number of aromatic nitrogens is 1. The molecule has 0 atom stereocenters. The van der Waals surface area contributed by atoms with Crippen LogP contribution in [0.25, 0.3) is 10.9 Å². The molecule has 2 aromatic rings. The van der Waals surface area contributed by atoms with Gasteiger partial charge in [0.1, 0.15) is 11.2 Å². The first-order valence-corrected chi connectivity index (χ1v) is 9.05. The summed E-state index contributed by atoms with van der Waals surface area (Å²) in [6.45, 7) is 6.56. The van der Waals surface area contributed by atoms with Crippen molar-refractivity contribution in [3.05, 3.63) is 45.2 Å². The van der Waals surface area contributed by atoms with Gasteiger partial charge in [-0.15, -0.1) is 0 Å². The maximum atomic E-state index is 12.5. The Bertz CT molecular complexity index is 975. The molecule has 28 heavy (non-hydrogen) atoms. The van der Waals surface area contributed by atoms with Crippen LogP contribution >= 0.6 is 0 Å². The first-order chi connectivity index (χ1) is 12.7. The Morgan fingerprint density at radius 1 is 1.29 bits per heavy atom. The molecule has 0 radical (unpaired) electrons. The Balaban J connectivity index is 0.00000280. The second kappa shape index (κ2) is 8.68. The molecule has 0 unspecified atom stereocenters. The average molecular weight is 396 g/mol. The third-order valence-electron chi connectivity index (χ3n) is 4.47. The molecule has 146 valence electrons. The Kier molecular flexibility index (Phi) is 6.96. The van der Waals surface area contributed by atoms with Crippen LogP contribution in [0.3, 0.4) is 0 Å². The molecule has 0 fully saturated rings. The van der Waals surface area contributed by atoms with E-state index in [0.717, 1.165) is 23.1 Å². The zero-order valence-electron chi connectivity index (χ0n) is 15.8. The molecule has 0 aliphatic carbocycles. The molecule has 1 aliphatic rings. The van der Waals surface area contributed by atoms with E-state index in [2.05, 4.69) is 11.4 Å². The van der Waals surface area contributed by atoms with Gasteiger partial charge in [0.25, 0.3) is 0 Å². The Hall–Kier alpha value is -1.83. The van der Waals surface area contributed by atoms with Crippen molar-refractivity contribution >= 4 is 52.5 Å². The number of hydrogen-bond donors (Lipinski definition) is 2. The van der Waals surface area contributed by atoms with E-state index in [1.165, 1.54) is 6.20 Å². The van der Waals surface area contributed by atoms with Crippen molar-refractivity contribution in [3.8, 4) is 0 Å². The second-order valence-corrected chi connectivity index (χ2v) is 7.80. The number of ether oxygens (including phenoxy) is 1. The molecule has 1 aromatic carbocycles. The van der Waals surface area contributed by atoms with Crippen LogP contribution in [-0.2, 0) is 24.1 Å². The molecule has 0 saturated heterocycles. The fourth-order valence-corrected chi connectivity index (χ4v) is 3.40. The summed E-state index contributed by atoms with van der Waals surface area (Å²) >= 11 is 0. The molecule has 2 heterocycles. The molecule has 8 heteroatoms. The third-order valence-corrected chi connectivity index (χ3v) is 4.47. The number of aromatic carboxylic acids is 1. The van der Waals surface area contributed by atoms with Gasteiger partial charge >= 0.3 is 41.6 Å². The third kappa shape index (κ3) is 4.96. The number of amides is 1. The number of carbonyl (C=O) groups is 2. The van der Waals surface area contributed by atoms with E-state index in [0.29, 0.717) is 31.3 Å². The van der Waals surface area contributed by atoms with Crippen LogP contribution in [0.2, 0.25) is 0 Å². The normalized spacial score (nSPS) is 12.5. The fraction of sp³-hybridized carbons (Fsp3) is 0.450. The average Bonchev–Trinajstić information content (AvgIpc) is 2.96. The molecule has 2 N–H and O–H groups in total. The van der Waals surface area contributed by atoms with Crippen molar-refractivity contribution in [3.63, 3.8) is 0 Å². The number of aryl methyl sites for hydroxylation is 3. The van der Waals surface area contributed by atoms with Gasteiger partial charge < -0.3 is 19.7 Å². The summed E-state index contributed by atoms with van der Waals surface area (Å²) in [5.74, 6) is -1.20. The number of rotatable bonds is 5. The first kappa shape index (κ1) is 22.5. The van der Waals surface area contributed by atoms with Crippen molar-refractivity contribution < 1.29 is 19.4 Å². The summed E-state index contributed by atoms with van der Waals surface area (Å²) in [5.41, 5.74) is 1.70. The maximum absolute atomic E-state index is 12.5. The topological polar surface area (TPSA) is 97.6 Å². The Labute approximate surface area is 185 Å². The number of nitrogens with one attached hydrogen (secondary N) is 1. The van der Waals surface area contributed by atoms with Crippen molar-refractivity contribution in [2.75, 3.05) is 6.54 Å². The number of benzene rings is 1. The van der Waals surface area contributed by atoms with Crippen LogP contribution in [0, 0.1) is 0 Å². The number of nitrogens with zero attached hydrogens (tertiary/aromatic N) is 1. The zero-order valence-corrected chi connectivity index (χ0v) is 15.8. The number of pyridine rings is 1. The van der Waals surface area contributed by atoms with Crippen molar-refractivity contribution in [2.45, 2.75) is 52.2 Å². The van der Waals surface area contributed by atoms with E-state index < -0.39 is 23.1 Å². The molecule has 1 amide bonds. The van der Waals surface area contributed by atoms with Gasteiger partial charge in [-0.05, 0) is 57.2 Å². The van der Waals surface area contributed by atoms with Gasteiger partial charge in [-0.25, -0.2) is 9.59 Å². The van der Waals surface area contributed by atoms with Gasteiger partial charge in [0.05, 0.1) is 5.52 Å². The summed E-state index contributed by atoms with van der Waals surface area (Å²) < 4.78 is 7.04. The van der Waals surface area contributed by atoms with Gasteiger partial charge in [0, 0.05) is 24.7 Å². The quantitative estimate of drug-likeness (QED) is 0.596. The molecule has 0 saturated carbocycles. The predicted molar refractivity (Wildman–Crippen MR) is 109 cm³/mol. The van der Waals surface area contributed by atoms with Crippen LogP contribution in [0.5, 0.6) is 0 Å². The van der Waals surface area contributed by atoms with Crippen LogP contribution in [0.1, 0.15) is 48.7 Å². The summed E-state index contributed by atoms with van der Waals surface area (Å²) in [5, 5.41) is 12.4. The molecule has 7 nitrogen and oxygen atoms in total. The summed E-state index contributed by atoms with van der Waals surface area (Å²) in [6.07, 6.45) is 3.14. The number of carbonyl (C=O) groups excluding carboxylic acids is 1. The van der Waals surface area contributed by atoms with E-state index in [1.807, 2.05) is 25.3 Å². The molecule has 0 spiro atoms. The van der Waals surface area contributed by atoms with Crippen LogP contribution < -0.4 is 10.7 Å². The van der Waals surface area contributed by atoms with Gasteiger partial charge in [0.15, 0.2) is 0 Å². The van der Waals surface area contributed by atoms with Gasteiger partial charge in [0.2, 0.25) is 5.43 Å². The molecule has 1 aliphatic heterocycles. The molecule has 3 rings (SSSR count). The van der Waals surface area contributed by atoms with Gasteiger partial charge in [-0.2, -0.15) is 0 Å². The van der Waals surface area contributed by atoms with Crippen LogP contribution in [0.4, 0.5) is 4.79 Å². The predicted octanol–water partition coefficient (Wildman–Crippen LogP) is 2.06. The fourth-order valence-electron chi connectivity index (χ4n) is 3.40. The summed E-state index contributed by atoms with van der Waals surface area (Å²) in [6, 6.07) is 3.85. The minimum atomic E-state index is -1.20. The SMILES string of the molecule is CC(C)(C)OC(=O)NCCCc1cc2c3c(c1)c(=O)c(C(=O)O)cn3CC2.[NaH]. The number of alkyl carbamates (subject to hydrolysis) is 1. The van der Waals surface area contributed by atoms with E-state index >= 15 is 0 Å². The van der Waals surface area contributed by atoms with Crippen molar-refractivity contribution in [1.82, 2.24) is 9.88 Å². The number of carboxylic acids is 1. The number of hydrogen-bond acceptors (Lipinski definition) is 4. The first-order valence-electron chi connectivity index (χ1n) is 9.05. The van der Waals surface area contributed by atoms with Crippen molar-refractivity contribution in [2.24, 2.45) is 0 Å². The Morgan fingerprint density at radius 2 is 2.00 bits per heavy atom. The van der Waals surface area contributed by atoms with Crippen molar-refractivity contribution in [1.29, 1.82) is 0 Å². The summed E-state index contributed by atoms with van der Waals surface area (Å²) in [4.78, 5) is 35.5. The van der Waals surface area contributed by atoms with E-state index in [9.17, 15) is 19.5 Å². The Morgan fingerprint density at radius 3 is 2.64 bits per heavy atom. The van der Waals surface area contributed by atoms with E-state index in [-0.39, 0.29) is 35.1 Å². The van der Waals surface area contributed by atoms with Gasteiger partial charge in [-0.3, -0.25) is 4.79 Å². The molecular weight excluding hydrogens is 371 g/mol. The van der Waals surface area contributed by atoms with E-state index in [1.54, 1.807) is 6.07 Å². The minimum absolute atomic E-state index is 0. The number of carboxylic acid groups (broad SMARTS) is 1. The summed E-state index contributed by atoms with van der Waals surface area (Å²) in [7, 11) is 0. The van der Waals surface area contributed by atoms with Gasteiger partial charge in [-0.1, -0.05) is 6.07 Å². The molecule has 1 aromatic heterocycles. The van der Waals surface area contributed by atoms with Crippen LogP contribution in [0.15, 0.2) is 23.1 Å². The standard InChI is InChI=1S/C20H24N2O5.Na.H/c1-20(2,3)27-19(26)21-7-4-5-12-9-13-6-8-22-11-15(18(24)25)17(23)14(10-12)16(13)22;;/h9-11H,4-8H2,1-3H3,(H,21,26)(H,24,25);;. The monoisotopic (exact) mass is 396 g/mol. The molecule has 0 bridgehead atoms.